The van der Waals surface area contributed by atoms with Crippen LogP contribution in [0.1, 0.15) is 10.5 Å². The number of carbonyl (C=O) groups excluding carboxylic acids is 1. The van der Waals surface area contributed by atoms with Crippen LogP contribution in [0.25, 0.3) is 16.9 Å². The molecule has 0 N–H and O–H groups in total. The van der Waals surface area contributed by atoms with Gasteiger partial charge in [0, 0.05) is 43.9 Å². The summed E-state index contributed by atoms with van der Waals surface area (Å²) in [5, 5.41) is 15.8. The van der Waals surface area contributed by atoms with Crippen molar-refractivity contribution in [2.75, 3.05) is 38.2 Å². The molecule has 0 saturated carbocycles. The number of rotatable bonds is 6. The van der Waals surface area contributed by atoms with E-state index >= 15 is 0 Å². The Morgan fingerprint density at radius 1 is 0.917 bits per heavy atom. The maximum Gasteiger partial charge on any atom is 0.272 e. The van der Waals surface area contributed by atoms with Crippen LogP contribution in [0.15, 0.2) is 84.9 Å². The van der Waals surface area contributed by atoms with Crippen molar-refractivity contribution in [2.45, 2.75) is 0 Å². The number of hydrogen-bond acceptors (Lipinski definition) is 6. The molecule has 0 atom stereocenters. The number of piperazine rings is 1. The van der Waals surface area contributed by atoms with E-state index in [0.717, 1.165) is 17.0 Å². The van der Waals surface area contributed by atoms with Gasteiger partial charge in [0.05, 0.1) is 29.1 Å². The summed E-state index contributed by atoms with van der Waals surface area (Å²) < 4.78 is 7.07. The number of para-hydroxylation sites is 2. The zero-order valence-corrected chi connectivity index (χ0v) is 19.8. The second-order valence-electron chi connectivity index (χ2n) is 8.42. The highest BCUT2D eigenvalue weighted by Gasteiger charge is 2.27. The number of nitro groups is 1. The van der Waals surface area contributed by atoms with Crippen molar-refractivity contribution >= 4 is 17.3 Å². The topological polar surface area (TPSA) is 93.7 Å². The molecule has 4 aromatic rings. The quantitative estimate of drug-likeness (QED) is 0.298. The van der Waals surface area contributed by atoms with Crippen LogP contribution in [-0.2, 0) is 0 Å². The number of aromatic nitrogens is 2. The van der Waals surface area contributed by atoms with Crippen LogP contribution in [0.3, 0.4) is 0 Å². The van der Waals surface area contributed by atoms with Crippen molar-refractivity contribution in [1.82, 2.24) is 14.7 Å². The van der Waals surface area contributed by atoms with Gasteiger partial charge in [-0.3, -0.25) is 14.9 Å². The molecule has 0 bridgehead atoms. The second kappa shape index (κ2) is 9.91. The molecule has 0 unspecified atom stereocenters. The van der Waals surface area contributed by atoms with Gasteiger partial charge in [-0.05, 0) is 30.3 Å². The van der Waals surface area contributed by atoms with Crippen molar-refractivity contribution in [1.29, 1.82) is 0 Å². The van der Waals surface area contributed by atoms with Crippen molar-refractivity contribution in [3.8, 4) is 22.7 Å². The Bertz CT molecular complexity index is 1380. The number of hydrogen-bond donors (Lipinski definition) is 0. The normalized spacial score (nSPS) is 13.5. The van der Waals surface area contributed by atoms with Crippen LogP contribution < -0.4 is 9.64 Å². The number of amides is 1. The molecule has 0 aliphatic carbocycles. The van der Waals surface area contributed by atoms with E-state index in [1.807, 2.05) is 59.5 Å². The molecular weight excluding hydrogens is 458 g/mol. The molecule has 9 heteroatoms. The molecule has 3 aromatic carbocycles. The fourth-order valence-electron chi connectivity index (χ4n) is 4.40. The van der Waals surface area contributed by atoms with Crippen molar-refractivity contribution in [3.63, 3.8) is 0 Å². The molecule has 1 amide bonds. The minimum Gasteiger partial charge on any atom is -0.495 e. The van der Waals surface area contributed by atoms with Gasteiger partial charge in [0.15, 0.2) is 0 Å². The molecule has 36 heavy (non-hydrogen) atoms. The van der Waals surface area contributed by atoms with Gasteiger partial charge in [0.2, 0.25) is 0 Å². The zero-order chi connectivity index (χ0) is 25.1. The molecule has 2 heterocycles. The van der Waals surface area contributed by atoms with E-state index in [1.54, 1.807) is 30.0 Å². The fraction of sp³-hybridized carbons (Fsp3) is 0.185. The third-order valence-corrected chi connectivity index (χ3v) is 6.30. The number of nitro benzene ring substituents is 1. The maximum absolute atomic E-state index is 13.7. The van der Waals surface area contributed by atoms with Gasteiger partial charge >= 0.3 is 0 Å². The second-order valence-corrected chi connectivity index (χ2v) is 8.42. The summed E-state index contributed by atoms with van der Waals surface area (Å²) in [6, 6.07) is 25.3. The Hall–Kier alpha value is -4.66. The van der Waals surface area contributed by atoms with E-state index in [0.29, 0.717) is 43.3 Å². The lowest BCUT2D eigenvalue weighted by Gasteiger charge is -2.36. The molecule has 1 aliphatic heterocycles. The number of non-ortho nitro benzene ring substituents is 1. The average molecular weight is 484 g/mol. The van der Waals surface area contributed by atoms with E-state index < -0.39 is 4.92 Å². The Balaban J connectivity index is 1.43. The van der Waals surface area contributed by atoms with Crippen molar-refractivity contribution < 1.29 is 14.5 Å². The van der Waals surface area contributed by atoms with E-state index in [2.05, 4.69) is 4.90 Å². The smallest absolute Gasteiger partial charge is 0.272 e. The maximum atomic E-state index is 13.7. The summed E-state index contributed by atoms with van der Waals surface area (Å²) in [6.45, 7) is 2.43. The first kappa shape index (κ1) is 23.1. The minimum absolute atomic E-state index is 0.0190. The summed E-state index contributed by atoms with van der Waals surface area (Å²) in [7, 11) is 1.66. The summed E-state index contributed by atoms with van der Waals surface area (Å²) >= 11 is 0. The first-order valence-electron chi connectivity index (χ1n) is 11.6. The van der Waals surface area contributed by atoms with Gasteiger partial charge in [0.25, 0.3) is 11.6 Å². The Labute approximate surface area is 208 Å². The summed E-state index contributed by atoms with van der Waals surface area (Å²) in [4.78, 5) is 28.4. The van der Waals surface area contributed by atoms with E-state index in [1.165, 1.54) is 12.1 Å². The van der Waals surface area contributed by atoms with Crippen LogP contribution >= 0.6 is 0 Å². The minimum atomic E-state index is -0.449. The monoisotopic (exact) mass is 483 g/mol. The lowest BCUT2D eigenvalue weighted by atomic mass is 10.1. The Morgan fingerprint density at radius 2 is 1.58 bits per heavy atom. The van der Waals surface area contributed by atoms with Gasteiger partial charge < -0.3 is 14.5 Å². The molecule has 1 fully saturated rings. The largest absolute Gasteiger partial charge is 0.495 e. The third kappa shape index (κ3) is 4.50. The number of ether oxygens (including phenoxy) is 1. The summed E-state index contributed by atoms with van der Waals surface area (Å²) in [5.41, 5.74) is 3.52. The highest BCUT2D eigenvalue weighted by atomic mass is 16.6. The molecule has 1 aliphatic rings. The van der Waals surface area contributed by atoms with Crippen LogP contribution in [0, 0.1) is 10.1 Å². The third-order valence-electron chi connectivity index (χ3n) is 6.30. The van der Waals surface area contributed by atoms with Crippen LogP contribution in [0.2, 0.25) is 0 Å². The van der Waals surface area contributed by atoms with E-state index in [4.69, 9.17) is 9.84 Å². The van der Waals surface area contributed by atoms with Crippen molar-refractivity contribution in [3.05, 3.63) is 101 Å². The van der Waals surface area contributed by atoms with E-state index in [9.17, 15) is 14.9 Å². The predicted octanol–water partition coefficient (Wildman–Crippen LogP) is 4.42. The molecule has 0 spiro atoms. The highest BCUT2D eigenvalue weighted by molar-refractivity contribution is 5.94. The van der Waals surface area contributed by atoms with Crippen LogP contribution in [0.5, 0.6) is 5.75 Å². The summed E-state index contributed by atoms with van der Waals surface area (Å²) in [6.07, 6.45) is 0. The lowest BCUT2D eigenvalue weighted by Crippen LogP contribution is -2.49. The molecule has 5 rings (SSSR count). The van der Waals surface area contributed by atoms with Gasteiger partial charge in [-0.1, -0.05) is 42.5 Å². The molecule has 1 saturated heterocycles. The molecule has 9 nitrogen and oxygen atoms in total. The van der Waals surface area contributed by atoms with Crippen LogP contribution in [-0.4, -0.2) is 58.8 Å². The number of carbonyl (C=O) groups is 1. The highest BCUT2D eigenvalue weighted by Crippen LogP contribution is 2.29. The summed E-state index contributed by atoms with van der Waals surface area (Å²) in [5.74, 6) is 0.670. The van der Waals surface area contributed by atoms with Gasteiger partial charge in [-0.2, -0.15) is 5.10 Å². The number of anilines is 1. The zero-order valence-electron chi connectivity index (χ0n) is 19.8. The van der Waals surface area contributed by atoms with Gasteiger partial charge in [0.1, 0.15) is 11.4 Å². The Kier molecular flexibility index (Phi) is 6.36. The first-order chi connectivity index (χ1) is 17.5. The molecule has 1 aromatic heterocycles. The standard InChI is InChI=1S/C27H25N5O4/c1-36-26-10-6-5-9-24(26)29-15-17-30(18-16-29)27(33)25-19-23(20-7-3-2-4-8-20)28-31(25)21-11-13-22(14-12-21)32(34)35/h2-14,19H,15-18H2,1H3. The van der Waals surface area contributed by atoms with E-state index in [-0.39, 0.29) is 11.6 Å². The number of methoxy groups -OCH3 is 1. The van der Waals surface area contributed by atoms with Gasteiger partial charge in [-0.15, -0.1) is 0 Å². The van der Waals surface area contributed by atoms with Gasteiger partial charge in [-0.25, -0.2) is 4.68 Å². The first-order valence-corrected chi connectivity index (χ1v) is 11.6. The lowest BCUT2D eigenvalue weighted by molar-refractivity contribution is -0.384. The van der Waals surface area contributed by atoms with Crippen molar-refractivity contribution in [2.24, 2.45) is 0 Å². The Morgan fingerprint density at radius 3 is 2.25 bits per heavy atom. The van der Waals surface area contributed by atoms with Crippen LogP contribution in [0.4, 0.5) is 11.4 Å². The number of nitrogens with zero attached hydrogens (tertiary/aromatic N) is 5. The molecule has 0 radical (unpaired) electrons. The average Bonchev–Trinajstić information content (AvgIpc) is 3.39. The fourth-order valence-corrected chi connectivity index (χ4v) is 4.40. The molecular formula is C27H25N5O4. The molecule has 182 valence electrons. The SMILES string of the molecule is COc1ccccc1N1CCN(C(=O)c2cc(-c3ccccc3)nn2-c2ccc([N+](=O)[O-])cc2)CC1. The predicted molar refractivity (Wildman–Crippen MR) is 137 cm³/mol. The number of benzene rings is 3.